The Labute approximate surface area is 513 Å². The molecule has 6 aliphatic heterocycles. The van der Waals surface area contributed by atoms with E-state index in [-0.39, 0.29) is 34.5 Å². The molecule has 0 saturated carbocycles. The second-order valence-electron chi connectivity index (χ2n) is 24.3. The number of ether oxygens (including phenoxy) is 3. The molecule has 0 N–H and O–H groups in total. The molecule has 6 aromatic rings. The summed E-state index contributed by atoms with van der Waals surface area (Å²) in [5, 5.41) is 17.2. The summed E-state index contributed by atoms with van der Waals surface area (Å²) >= 11 is 4.59. The van der Waals surface area contributed by atoms with Crippen LogP contribution in [0.3, 0.4) is 0 Å². The van der Waals surface area contributed by atoms with Crippen molar-refractivity contribution in [1.82, 2.24) is 63.9 Å². The molecule has 6 aromatic heterocycles. The van der Waals surface area contributed by atoms with Crippen molar-refractivity contribution in [3.8, 4) is 0 Å². The van der Waals surface area contributed by atoms with Crippen molar-refractivity contribution in [3.05, 3.63) is 108 Å². The van der Waals surface area contributed by atoms with Crippen molar-refractivity contribution in [3.63, 3.8) is 0 Å². The predicted molar refractivity (Wildman–Crippen MR) is 331 cm³/mol. The number of piperidine rings is 3. The van der Waals surface area contributed by atoms with Gasteiger partial charge in [-0.25, -0.2) is 15.0 Å². The van der Waals surface area contributed by atoms with Gasteiger partial charge in [0.15, 0.2) is 0 Å². The van der Waals surface area contributed by atoms with Gasteiger partial charge in [-0.3, -0.25) is 23.7 Å². The second-order valence-corrected chi connectivity index (χ2v) is 27.5. The first kappa shape index (κ1) is 62.8. The summed E-state index contributed by atoms with van der Waals surface area (Å²) in [4.78, 5) is 64.8. The zero-order chi connectivity index (χ0) is 59.6. The molecule has 85 heavy (non-hydrogen) atoms. The molecule has 3 amide bonds. The Balaban J connectivity index is 0.000000142. The first-order chi connectivity index (χ1) is 41.0. The van der Waals surface area contributed by atoms with Gasteiger partial charge in [-0.15, -0.1) is 34.0 Å². The molecule has 12 rings (SSSR count). The largest absolute Gasteiger partial charge is 0.466 e. The summed E-state index contributed by atoms with van der Waals surface area (Å²) in [7, 11) is 0. The molecule has 23 heteroatoms. The standard InChI is InChI=1S/C22H31N3O3S.C21H31N5O2S.C19H27N5O2S/c1-16(20-5-4-17(2)28-20)6-9-24-10-7-22(8-11-24)15-25(12-13-27-22)21(26)19-14-29-18(3)23-19;1-16-13-17(2)26(23-16)8-4-7-24-9-5-21(6-10-24)15-25(11-12-28-21)20(27)19-14-29-18(3)22-19;1-16-21-17(14-27-16)18(25)23-12-13-26-19(15-23)4-10-22(11-5-19)7-3-9-24-8-2-6-20-24/h4-5,14,16H,6-13,15H2,1-3H3;13-14H,4-12,15H2,1-3H3;2,6,8,14H,3-5,7,9-13,15H2,1H3. The number of aromatic nitrogens is 7. The average Bonchev–Trinajstić information content (AvgIpc) is 3.43. The Morgan fingerprint density at radius 2 is 1.00 bits per heavy atom. The van der Waals surface area contributed by atoms with Crippen LogP contribution in [0.15, 0.2) is 57.2 Å². The number of carbonyl (C=O) groups excluding carboxylic acids is 3. The van der Waals surface area contributed by atoms with E-state index in [9.17, 15) is 14.4 Å². The molecular formula is C62H89N13O7S3. The van der Waals surface area contributed by atoms with E-state index in [1.165, 1.54) is 39.7 Å². The van der Waals surface area contributed by atoms with E-state index in [0.717, 1.165) is 162 Å². The molecule has 12 heterocycles. The van der Waals surface area contributed by atoms with Crippen LogP contribution in [0.25, 0.3) is 0 Å². The molecule has 6 fully saturated rings. The van der Waals surface area contributed by atoms with Gasteiger partial charge in [0.2, 0.25) is 0 Å². The second kappa shape index (κ2) is 28.7. The fourth-order valence-electron chi connectivity index (χ4n) is 12.9. The van der Waals surface area contributed by atoms with E-state index < -0.39 is 0 Å². The van der Waals surface area contributed by atoms with Crippen LogP contribution in [-0.2, 0) is 27.3 Å². The third-order valence-corrected chi connectivity index (χ3v) is 20.2. The van der Waals surface area contributed by atoms with Crippen molar-refractivity contribution < 1.29 is 33.0 Å². The summed E-state index contributed by atoms with van der Waals surface area (Å²) < 4.78 is 28.5. The molecule has 0 radical (unpaired) electrons. The number of carbonyl (C=O) groups is 3. The Hall–Kier alpha value is -5.24. The number of likely N-dealkylation sites (tertiary alicyclic amines) is 3. The van der Waals surface area contributed by atoms with Gasteiger partial charge < -0.3 is 48.0 Å². The molecule has 1 unspecified atom stereocenters. The van der Waals surface area contributed by atoms with Crippen LogP contribution in [0.5, 0.6) is 0 Å². The SMILES string of the molecule is Cc1cc(C)n(CCCN2CCC3(CC2)CN(C(=O)c2csc(C)n2)CCO3)n1.Cc1ccc(C(C)CCN2CCC3(CC2)CN(C(=O)c2csc(C)n2)CCO3)o1.Cc1nc(C(=O)N2CCOC3(CCN(CCCn4cccn4)CC3)C2)cs1. The first-order valence-corrected chi connectivity index (χ1v) is 33.4. The highest BCUT2D eigenvalue weighted by Gasteiger charge is 2.44. The quantitative estimate of drug-likeness (QED) is 0.0952. The molecule has 462 valence electrons. The summed E-state index contributed by atoms with van der Waals surface area (Å²) in [6.45, 7) is 31.3. The topological polar surface area (TPSA) is 186 Å². The van der Waals surface area contributed by atoms with Crippen molar-refractivity contribution in [2.24, 2.45) is 0 Å². The molecule has 6 aliphatic rings. The molecular weight excluding hydrogens is 1130 g/mol. The highest BCUT2D eigenvalue weighted by molar-refractivity contribution is 7.10. The maximum atomic E-state index is 12.8. The van der Waals surface area contributed by atoms with Crippen molar-refractivity contribution in [2.45, 2.75) is 142 Å². The molecule has 0 bridgehead atoms. The van der Waals surface area contributed by atoms with Crippen LogP contribution in [0, 0.1) is 41.5 Å². The minimum atomic E-state index is -0.195. The minimum Gasteiger partial charge on any atom is -0.466 e. The lowest BCUT2D eigenvalue weighted by atomic mass is 9.89. The highest BCUT2D eigenvalue weighted by Crippen LogP contribution is 2.35. The number of amides is 3. The minimum absolute atomic E-state index is 0.0435. The van der Waals surface area contributed by atoms with Gasteiger partial charge in [-0.2, -0.15) is 10.2 Å². The van der Waals surface area contributed by atoms with Gasteiger partial charge in [-0.1, -0.05) is 6.92 Å². The number of hydrogen-bond acceptors (Lipinski definition) is 18. The molecule has 6 saturated heterocycles. The van der Waals surface area contributed by atoms with E-state index in [4.69, 9.17) is 18.6 Å². The lowest BCUT2D eigenvalue weighted by Gasteiger charge is -2.47. The molecule has 0 aromatic carbocycles. The Morgan fingerprint density at radius 1 is 0.565 bits per heavy atom. The van der Waals surface area contributed by atoms with Crippen LogP contribution in [0.1, 0.15) is 140 Å². The summed E-state index contributed by atoms with van der Waals surface area (Å²) in [6, 6.07) is 8.23. The fourth-order valence-corrected chi connectivity index (χ4v) is 14.6. The number of morpholine rings is 3. The van der Waals surface area contributed by atoms with Crippen LogP contribution >= 0.6 is 34.0 Å². The van der Waals surface area contributed by atoms with Crippen molar-refractivity contribution in [2.75, 3.05) is 118 Å². The fraction of sp³-hybridized carbons (Fsp3) is 0.645. The van der Waals surface area contributed by atoms with Gasteiger partial charge in [0.05, 0.1) is 77.0 Å². The van der Waals surface area contributed by atoms with E-state index in [1.807, 2.05) is 94.7 Å². The van der Waals surface area contributed by atoms with Crippen LogP contribution in [-0.4, -0.2) is 216 Å². The Morgan fingerprint density at radius 3 is 1.36 bits per heavy atom. The predicted octanol–water partition coefficient (Wildman–Crippen LogP) is 8.56. The van der Waals surface area contributed by atoms with Gasteiger partial charge >= 0.3 is 0 Å². The van der Waals surface area contributed by atoms with Crippen LogP contribution in [0.4, 0.5) is 0 Å². The average molecular weight is 1220 g/mol. The van der Waals surface area contributed by atoms with E-state index >= 15 is 0 Å². The first-order valence-electron chi connectivity index (χ1n) is 30.8. The molecule has 20 nitrogen and oxygen atoms in total. The van der Waals surface area contributed by atoms with Crippen LogP contribution < -0.4 is 0 Å². The number of furan rings is 1. The molecule has 3 spiro atoms. The smallest absolute Gasteiger partial charge is 0.273 e. The Bertz CT molecular complexity index is 3090. The highest BCUT2D eigenvalue weighted by atomic mass is 32.1. The van der Waals surface area contributed by atoms with Crippen molar-refractivity contribution >= 4 is 51.7 Å². The number of nitrogens with zero attached hydrogens (tertiary/aromatic N) is 13. The van der Waals surface area contributed by atoms with E-state index in [2.05, 4.69) is 70.5 Å². The lowest BCUT2D eigenvalue weighted by molar-refractivity contribution is -0.127. The number of rotatable bonds is 15. The third kappa shape index (κ3) is 16.7. The summed E-state index contributed by atoms with van der Waals surface area (Å²) in [5.74, 6) is 2.63. The van der Waals surface area contributed by atoms with E-state index in [0.29, 0.717) is 82.1 Å². The molecule has 1 atom stereocenters. The number of aryl methyl sites for hydroxylation is 8. The lowest BCUT2D eigenvalue weighted by Crippen LogP contribution is -2.58. The zero-order valence-electron chi connectivity index (χ0n) is 51.2. The van der Waals surface area contributed by atoms with Gasteiger partial charge in [0.25, 0.3) is 17.7 Å². The summed E-state index contributed by atoms with van der Waals surface area (Å²) in [6.07, 6.45) is 13.0. The zero-order valence-corrected chi connectivity index (χ0v) is 53.6. The van der Waals surface area contributed by atoms with Crippen molar-refractivity contribution in [1.29, 1.82) is 0 Å². The summed E-state index contributed by atoms with van der Waals surface area (Å²) in [5.41, 5.74) is 3.47. The van der Waals surface area contributed by atoms with Gasteiger partial charge in [-0.05, 0) is 143 Å². The van der Waals surface area contributed by atoms with E-state index in [1.54, 1.807) is 0 Å². The third-order valence-electron chi connectivity index (χ3n) is 17.9. The van der Waals surface area contributed by atoms with Gasteiger partial charge in [0.1, 0.15) is 28.6 Å². The maximum absolute atomic E-state index is 12.8. The maximum Gasteiger partial charge on any atom is 0.273 e. The molecule has 0 aliphatic carbocycles. The number of thiazole rings is 3. The van der Waals surface area contributed by atoms with Gasteiger partial charge in [0, 0.05) is 112 Å². The normalized spacial score (nSPS) is 20.3. The number of hydrogen-bond donors (Lipinski definition) is 0. The van der Waals surface area contributed by atoms with Crippen LogP contribution in [0.2, 0.25) is 0 Å². The monoisotopic (exact) mass is 1220 g/mol. The Kier molecular flexibility index (Phi) is 21.2.